The lowest BCUT2D eigenvalue weighted by atomic mass is 10.1. The highest BCUT2D eigenvalue weighted by atomic mass is 19.1. The molecule has 0 fully saturated rings. The van der Waals surface area contributed by atoms with E-state index >= 15 is 0 Å². The van der Waals surface area contributed by atoms with E-state index in [2.05, 4.69) is 17.2 Å². The van der Waals surface area contributed by atoms with Crippen LogP contribution in [0, 0.1) is 29.0 Å². The maximum absolute atomic E-state index is 13.6. The lowest BCUT2D eigenvalue weighted by Crippen LogP contribution is -2.32. The predicted octanol–water partition coefficient (Wildman–Crippen LogP) is 3.16. The third-order valence-corrected chi connectivity index (χ3v) is 2.46. The minimum atomic E-state index is -0.542. The first kappa shape index (κ1) is 17.5. The van der Waals surface area contributed by atoms with E-state index in [9.17, 15) is 9.18 Å². The number of hydrogen-bond acceptors (Lipinski definition) is 3. The van der Waals surface area contributed by atoms with Crippen molar-refractivity contribution in [2.45, 2.75) is 39.2 Å². The SMILES string of the molecule is CC(C)(C)OC(=O)NCCC#Cc1cc(CC#N)ccc1F. The summed E-state index contributed by atoms with van der Waals surface area (Å²) in [4.78, 5) is 11.4. The molecule has 1 rings (SSSR count). The largest absolute Gasteiger partial charge is 0.444 e. The van der Waals surface area contributed by atoms with Gasteiger partial charge in [-0.1, -0.05) is 17.9 Å². The van der Waals surface area contributed by atoms with Gasteiger partial charge in [0.15, 0.2) is 0 Å². The van der Waals surface area contributed by atoms with Gasteiger partial charge in [0.25, 0.3) is 0 Å². The van der Waals surface area contributed by atoms with Gasteiger partial charge in [0.1, 0.15) is 11.4 Å². The molecule has 22 heavy (non-hydrogen) atoms. The third-order valence-electron chi connectivity index (χ3n) is 2.46. The molecule has 0 saturated heterocycles. The molecule has 0 aliphatic carbocycles. The van der Waals surface area contributed by atoms with Crippen LogP contribution in [-0.4, -0.2) is 18.2 Å². The number of nitriles is 1. The molecule has 0 aromatic heterocycles. The summed E-state index contributed by atoms with van der Waals surface area (Å²) in [6.07, 6.45) is 0.0903. The lowest BCUT2D eigenvalue weighted by molar-refractivity contribution is 0.0529. The van der Waals surface area contributed by atoms with Gasteiger partial charge in [-0.2, -0.15) is 5.26 Å². The molecule has 0 radical (unpaired) electrons. The second kappa shape index (κ2) is 8.05. The van der Waals surface area contributed by atoms with E-state index in [1.165, 1.54) is 6.07 Å². The van der Waals surface area contributed by atoms with Crippen LogP contribution >= 0.6 is 0 Å². The molecule has 0 aliphatic heterocycles. The van der Waals surface area contributed by atoms with Crippen LogP contribution in [0.3, 0.4) is 0 Å². The molecular weight excluding hydrogens is 283 g/mol. The molecule has 0 saturated carbocycles. The smallest absolute Gasteiger partial charge is 0.407 e. The zero-order chi connectivity index (χ0) is 16.6. The Labute approximate surface area is 130 Å². The predicted molar refractivity (Wildman–Crippen MR) is 81.4 cm³/mol. The first-order chi connectivity index (χ1) is 10.3. The van der Waals surface area contributed by atoms with Crippen molar-refractivity contribution in [3.05, 3.63) is 35.1 Å². The van der Waals surface area contributed by atoms with Gasteiger partial charge < -0.3 is 10.1 Å². The Morgan fingerprint density at radius 3 is 2.77 bits per heavy atom. The summed E-state index contributed by atoms with van der Waals surface area (Å²) in [6.45, 7) is 5.66. The molecule has 1 aromatic rings. The summed E-state index contributed by atoms with van der Waals surface area (Å²) < 4.78 is 18.6. The fourth-order valence-electron chi connectivity index (χ4n) is 1.57. The van der Waals surface area contributed by atoms with Crippen LogP contribution in [-0.2, 0) is 11.2 Å². The average molecular weight is 302 g/mol. The highest BCUT2D eigenvalue weighted by molar-refractivity contribution is 5.67. The van der Waals surface area contributed by atoms with E-state index in [-0.39, 0.29) is 12.0 Å². The van der Waals surface area contributed by atoms with Crippen molar-refractivity contribution in [1.82, 2.24) is 5.32 Å². The van der Waals surface area contributed by atoms with Crippen molar-refractivity contribution in [3.8, 4) is 17.9 Å². The second-order valence-corrected chi connectivity index (χ2v) is 5.63. The average Bonchev–Trinajstić information content (AvgIpc) is 2.40. The summed E-state index contributed by atoms with van der Waals surface area (Å²) in [5, 5.41) is 11.2. The molecule has 1 amide bonds. The Hall–Kier alpha value is -2.53. The number of ether oxygens (including phenoxy) is 1. The van der Waals surface area contributed by atoms with Gasteiger partial charge in [-0.05, 0) is 38.5 Å². The Morgan fingerprint density at radius 2 is 2.14 bits per heavy atom. The monoisotopic (exact) mass is 302 g/mol. The topological polar surface area (TPSA) is 62.1 Å². The molecule has 0 unspecified atom stereocenters. The van der Waals surface area contributed by atoms with Crippen molar-refractivity contribution >= 4 is 6.09 Å². The third kappa shape index (κ3) is 6.76. The number of nitrogens with one attached hydrogen (secondary N) is 1. The van der Waals surface area contributed by atoms with E-state index in [4.69, 9.17) is 10.00 Å². The number of nitrogens with zero attached hydrogens (tertiary/aromatic N) is 1. The molecule has 0 bridgehead atoms. The van der Waals surface area contributed by atoms with Crippen LogP contribution in [0.2, 0.25) is 0 Å². The zero-order valence-corrected chi connectivity index (χ0v) is 13.0. The van der Waals surface area contributed by atoms with Gasteiger partial charge in [-0.15, -0.1) is 0 Å². The first-order valence-electron chi connectivity index (χ1n) is 6.93. The van der Waals surface area contributed by atoms with Crippen LogP contribution in [0.25, 0.3) is 0 Å². The van der Waals surface area contributed by atoms with Gasteiger partial charge in [0.2, 0.25) is 0 Å². The standard InChI is InChI=1S/C17H19FN2O2/c1-17(2,3)22-16(21)20-11-5-4-6-14-12-13(9-10-19)7-8-15(14)18/h7-8,12H,5,9,11H2,1-3H3,(H,20,21). The molecule has 1 N–H and O–H groups in total. The molecule has 1 aromatic carbocycles. The number of carbonyl (C=O) groups is 1. The fourth-order valence-corrected chi connectivity index (χ4v) is 1.57. The molecule has 4 nitrogen and oxygen atoms in total. The Balaban J connectivity index is 2.50. The summed E-state index contributed by atoms with van der Waals surface area (Å²) in [5.41, 5.74) is 0.435. The summed E-state index contributed by atoms with van der Waals surface area (Å²) in [7, 11) is 0. The van der Waals surface area contributed by atoms with Gasteiger partial charge >= 0.3 is 6.09 Å². The number of rotatable bonds is 3. The van der Waals surface area contributed by atoms with Gasteiger partial charge in [-0.25, -0.2) is 9.18 Å². The lowest BCUT2D eigenvalue weighted by Gasteiger charge is -2.19. The number of halogens is 1. The van der Waals surface area contributed by atoms with E-state index in [1.54, 1.807) is 32.9 Å². The maximum Gasteiger partial charge on any atom is 0.407 e. The van der Waals surface area contributed by atoms with Crippen molar-refractivity contribution in [2.24, 2.45) is 0 Å². The first-order valence-corrected chi connectivity index (χ1v) is 6.93. The fraction of sp³-hybridized carbons (Fsp3) is 0.412. The van der Waals surface area contributed by atoms with Crippen LogP contribution in [0.1, 0.15) is 38.3 Å². The molecular formula is C17H19FN2O2. The number of amides is 1. The van der Waals surface area contributed by atoms with E-state index in [0.29, 0.717) is 13.0 Å². The summed E-state index contributed by atoms with van der Waals surface area (Å²) >= 11 is 0. The van der Waals surface area contributed by atoms with E-state index in [0.717, 1.165) is 5.56 Å². The van der Waals surface area contributed by atoms with Crippen molar-refractivity contribution in [3.63, 3.8) is 0 Å². The van der Waals surface area contributed by atoms with E-state index < -0.39 is 17.5 Å². The van der Waals surface area contributed by atoms with Gasteiger partial charge in [0, 0.05) is 13.0 Å². The highest BCUT2D eigenvalue weighted by Gasteiger charge is 2.15. The van der Waals surface area contributed by atoms with Crippen LogP contribution in [0.5, 0.6) is 0 Å². The van der Waals surface area contributed by atoms with Crippen molar-refractivity contribution < 1.29 is 13.9 Å². The minimum Gasteiger partial charge on any atom is -0.444 e. The Bertz CT molecular complexity index is 631. The molecule has 5 heteroatoms. The van der Waals surface area contributed by atoms with Gasteiger partial charge in [-0.3, -0.25) is 0 Å². The normalized spacial score (nSPS) is 10.1. The number of benzene rings is 1. The van der Waals surface area contributed by atoms with E-state index in [1.807, 2.05) is 6.07 Å². The molecule has 0 aliphatic rings. The van der Waals surface area contributed by atoms with Crippen LogP contribution in [0.15, 0.2) is 18.2 Å². The zero-order valence-electron chi connectivity index (χ0n) is 13.0. The quantitative estimate of drug-likeness (QED) is 0.689. The minimum absolute atomic E-state index is 0.217. The number of carbonyl (C=O) groups excluding carboxylic acids is 1. The number of alkyl carbamates (subject to hydrolysis) is 1. The van der Waals surface area contributed by atoms with Crippen molar-refractivity contribution in [2.75, 3.05) is 6.54 Å². The van der Waals surface area contributed by atoms with Crippen LogP contribution < -0.4 is 5.32 Å². The molecule has 0 spiro atoms. The maximum atomic E-state index is 13.6. The molecule has 116 valence electrons. The second-order valence-electron chi connectivity index (χ2n) is 5.63. The summed E-state index contributed by atoms with van der Waals surface area (Å²) in [5.74, 6) is 5.07. The Morgan fingerprint density at radius 1 is 1.41 bits per heavy atom. The molecule has 0 atom stereocenters. The van der Waals surface area contributed by atoms with Crippen molar-refractivity contribution in [1.29, 1.82) is 5.26 Å². The summed E-state index contributed by atoms with van der Waals surface area (Å²) in [6, 6.07) is 6.43. The number of hydrogen-bond donors (Lipinski definition) is 1. The van der Waals surface area contributed by atoms with Crippen LogP contribution in [0.4, 0.5) is 9.18 Å². The van der Waals surface area contributed by atoms with Gasteiger partial charge in [0.05, 0.1) is 18.1 Å². The molecule has 0 heterocycles. The highest BCUT2D eigenvalue weighted by Crippen LogP contribution is 2.10. The Kier molecular flexibility index (Phi) is 6.41.